The Morgan fingerprint density at radius 1 is 1.30 bits per heavy atom. The fraction of sp³-hybridized carbons (Fsp3) is 0.538. The molecule has 1 aliphatic carbocycles. The fourth-order valence-electron chi connectivity index (χ4n) is 2.58. The number of nitrogens with zero attached hydrogens (tertiary/aromatic N) is 1. The second-order valence-corrected chi connectivity index (χ2v) is 4.95. The molecule has 2 rings (SSSR count). The summed E-state index contributed by atoms with van der Waals surface area (Å²) in [5.41, 5.74) is 4.87. The second kappa shape index (κ2) is 5.44. The van der Waals surface area contributed by atoms with Gasteiger partial charge in [-0.2, -0.15) is 0 Å². The number of primary amides is 1. The molecule has 7 nitrogen and oxygen atoms in total. The largest absolute Gasteiger partial charge is 0.454 e. The van der Waals surface area contributed by atoms with Crippen LogP contribution in [-0.2, 0) is 23.9 Å². The van der Waals surface area contributed by atoms with Crippen LogP contribution < -0.4 is 5.73 Å². The third kappa shape index (κ3) is 2.43. The van der Waals surface area contributed by atoms with Crippen LogP contribution in [-0.4, -0.2) is 41.2 Å². The van der Waals surface area contributed by atoms with Crippen LogP contribution in [0, 0.1) is 11.8 Å². The highest BCUT2D eigenvalue weighted by Gasteiger charge is 2.50. The fourth-order valence-corrected chi connectivity index (χ4v) is 2.58. The molecule has 1 fully saturated rings. The molecule has 0 aromatic carbocycles. The van der Waals surface area contributed by atoms with Gasteiger partial charge in [0.15, 0.2) is 6.61 Å². The topological polar surface area (TPSA) is 107 Å². The number of hydrogen-bond donors (Lipinski definition) is 1. The summed E-state index contributed by atoms with van der Waals surface area (Å²) in [4.78, 5) is 47.7. The first kappa shape index (κ1) is 14.2. The lowest BCUT2D eigenvalue weighted by molar-refractivity contribution is -0.159. The molecule has 0 unspecified atom stereocenters. The number of imide groups is 1. The van der Waals surface area contributed by atoms with Crippen molar-refractivity contribution < 1.29 is 23.9 Å². The maximum Gasteiger partial charge on any atom is 0.329 e. The molecule has 2 aliphatic rings. The summed E-state index contributed by atoms with van der Waals surface area (Å²) in [5.74, 6) is -3.09. The van der Waals surface area contributed by atoms with Gasteiger partial charge in [-0.05, 0) is 19.8 Å². The van der Waals surface area contributed by atoms with Crippen molar-refractivity contribution in [2.45, 2.75) is 25.8 Å². The molecule has 3 atom stereocenters. The van der Waals surface area contributed by atoms with E-state index in [2.05, 4.69) is 4.74 Å². The van der Waals surface area contributed by atoms with E-state index >= 15 is 0 Å². The van der Waals surface area contributed by atoms with Gasteiger partial charge < -0.3 is 10.5 Å². The van der Waals surface area contributed by atoms with Crippen LogP contribution in [0.4, 0.5) is 0 Å². The maximum atomic E-state index is 12.2. The summed E-state index contributed by atoms with van der Waals surface area (Å²) < 4.78 is 4.65. The molecule has 7 heteroatoms. The molecule has 2 N–H and O–H groups in total. The lowest BCUT2D eigenvalue weighted by Gasteiger charge is -2.21. The highest BCUT2D eigenvalue weighted by atomic mass is 16.5. The molecule has 0 radical (unpaired) electrons. The average Bonchev–Trinajstić information content (AvgIpc) is 2.68. The number of allylic oxidation sites excluding steroid dienone is 2. The van der Waals surface area contributed by atoms with Crippen molar-refractivity contribution in [1.29, 1.82) is 0 Å². The van der Waals surface area contributed by atoms with Crippen molar-refractivity contribution >= 4 is 23.7 Å². The van der Waals surface area contributed by atoms with Gasteiger partial charge >= 0.3 is 5.97 Å². The number of amides is 3. The van der Waals surface area contributed by atoms with Gasteiger partial charge in [0, 0.05) is 0 Å². The summed E-state index contributed by atoms with van der Waals surface area (Å²) in [6.07, 6.45) is 4.75. The van der Waals surface area contributed by atoms with Crippen molar-refractivity contribution in [1.82, 2.24) is 4.90 Å². The predicted octanol–water partition coefficient (Wildman–Crippen LogP) is -0.645. The van der Waals surface area contributed by atoms with Crippen molar-refractivity contribution in [3.05, 3.63) is 12.2 Å². The predicted molar refractivity (Wildman–Crippen MR) is 66.8 cm³/mol. The van der Waals surface area contributed by atoms with Crippen LogP contribution in [0.5, 0.6) is 0 Å². The summed E-state index contributed by atoms with van der Waals surface area (Å²) in [6, 6.07) is -1.04. The average molecular weight is 280 g/mol. The third-order valence-electron chi connectivity index (χ3n) is 3.63. The number of nitrogens with two attached hydrogens (primary N) is 1. The summed E-state index contributed by atoms with van der Waals surface area (Å²) in [6.45, 7) is 0.845. The second-order valence-electron chi connectivity index (χ2n) is 4.95. The van der Waals surface area contributed by atoms with Crippen LogP contribution in [0.2, 0.25) is 0 Å². The highest BCUT2D eigenvalue weighted by Crippen LogP contribution is 2.36. The normalized spacial score (nSPS) is 26.4. The number of likely N-dealkylation sites (tertiary alicyclic amines) is 1. The van der Waals surface area contributed by atoms with Gasteiger partial charge in [-0.1, -0.05) is 12.2 Å². The number of rotatable bonds is 4. The quantitative estimate of drug-likeness (QED) is 0.418. The number of carbonyl (C=O) groups is 4. The smallest absolute Gasteiger partial charge is 0.329 e. The Morgan fingerprint density at radius 2 is 1.80 bits per heavy atom. The minimum absolute atomic E-state index is 0.354. The zero-order valence-corrected chi connectivity index (χ0v) is 11.1. The van der Waals surface area contributed by atoms with Crippen LogP contribution in [0.15, 0.2) is 12.2 Å². The van der Waals surface area contributed by atoms with Crippen molar-refractivity contribution in [2.75, 3.05) is 6.61 Å². The maximum absolute atomic E-state index is 12.2. The molecule has 0 spiro atoms. The monoisotopic (exact) mass is 280 g/mol. The first-order chi connectivity index (χ1) is 9.43. The molecule has 1 aliphatic heterocycles. The van der Waals surface area contributed by atoms with Crippen LogP contribution in [0.25, 0.3) is 0 Å². The molecule has 0 saturated carbocycles. The Bertz CT molecular complexity index is 473. The zero-order chi connectivity index (χ0) is 14.9. The minimum Gasteiger partial charge on any atom is -0.454 e. The number of fused-ring (bicyclic) bond motifs is 1. The lowest BCUT2D eigenvalue weighted by atomic mass is 9.85. The molecule has 1 saturated heterocycles. The highest BCUT2D eigenvalue weighted by molar-refractivity contribution is 6.08. The van der Waals surface area contributed by atoms with E-state index in [0.29, 0.717) is 12.8 Å². The SMILES string of the molecule is C[C@@H](C(=O)OCC(N)=O)N1C(=O)[C@H]2CC=CC[C@H]2C1=O. The van der Waals surface area contributed by atoms with Crippen molar-refractivity contribution in [3.63, 3.8) is 0 Å². The number of ether oxygens (including phenoxy) is 1. The first-order valence-electron chi connectivity index (χ1n) is 6.40. The molecule has 3 amide bonds. The molecule has 108 valence electrons. The molecule has 0 aromatic rings. The van der Waals surface area contributed by atoms with Crippen LogP contribution in [0.1, 0.15) is 19.8 Å². The number of hydrogen-bond acceptors (Lipinski definition) is 5. The minimum atomic E-state index is -1.04. The summed E-state index contributed by atoms with van der Waals surface area (Å²) in [7, 11) is 0. The van der Waals surface area contributed by atoms with E-state index in [1.165, 1.54) is 6.92 Å². The number of carbonyl (C=O) groups excluding carboxylic acids is 4. The van der Waals surface area contributed by atoms with Gasteiger partial charge in [-0.15, -0.1) is 0 Å². The van der Waals surface area contributed by atoms with E-state index in [4.69, 9.17) is 5.73 Å². The van der Waals surface area contributed by atoms with Gasteiger partial charge in [0.1, 0.15) is 6.04 Å². The third-order valence-corrected chi connectivity index (χ3v) is 3.63. The molecule has 0 bridgehead atoms. The molecular weight excluding hydrogens is 264 g/mol. The molecule has 20 heavy (non-hydrogen) atoms. The standard InChI is InChI=1S/C13H16N2O5/c1-7(13(19)20-6-10(14)16)15-11(17)8-4-2-3-5-9(8)12(15)18/h2-3,7-9H,4-6H2,1H3,(H2,14,16)/t7-,8-,9+/m0/s1. The Labute approximate surface area is 115 Å². The lowest BCUT2D eigenvalue weighted by Crippen LogP contribution is -2.45. The van der Waals surface area contributed by atoms with Crippen molar-refractivity contribution in [3.8, 4) is 0 Å². The van der Waals surface area contributed by atoms with Gasteiger partial charge in [-0.3, -0.25) is 19.3 Å². The van der Waals surface area contributed by atoms with Gasteiger partial charge in [-0.25, -0.2) is 4.79 Å². The van der Waals surface area contributed by atoms with Crippen LogP contribution in [0.3, 0.4) is 0 Å². The van der Waals surface area contributed by atoms with E-state index in [1.54, 1.807) is 0 Å². The van der Waals surface area contributed by atoms with Gasteiger partial charge in [0.2, 0.25) is 11.8 Å². The Kier molecular flexibility index (Phi) is 3.87. The van der Waals surface area contributed by atoms with E-state index in [0.717, 1.165) is 4.90 Å². The van der Waals surface area contributed by atoms with E-state index in [9.17, 15) is 19.2 Å². The Morgan fingerprint density at radius 3 is 2.25 bits per heavy atom. The first-order valence-corrected chi connectivity index (χ1v) is 6.40. The Hall–Kier alpha value is -2.18. The summed E-state index contributed by atoms with van der Waals surface area (Å²) in [5, 5.41) is 0. The van der Waals surface area contributed by atoms with E-state index < -0.39 is 24.5 Å². The van der Waals surface area contributed by atoms with Crippen LogP contribution >= 0.6 is 0 Å². The van der Waals surface area contributed by atoms with Crippen molar-refractivity contribution in [2.24, 2.45) is 17.6 Å². The van der Waals surface area contributed by atoms with E-state index in [-0.39, 0.29) is 23.7 Å². The Balaban J connectivity index is 2.08. The van der Waals surface area contributed by atoms with Gasteiger partial charge in [0.05, 0.1) is 11.8 Å². The molecule has 1 heterocycles. The van der Waals surface area contributed by atoms with E-state index in [1.807, 2.05) is 12.2 Å². The number of esters is 1. The summed E-state index contributed by atoms with van der Waals surface area (Å²) >= 11 is 0. The van der Waals surface area contributed by atoms with Gasteiger partial charge in [0.25, 0.3) is 5.91 Å². The molecular formula is C13H16N2O5. The zero-order valence-electron chi connectivity index (χ0n) is 11.1. The molecule has 0 aromatic heterocycles.